The second-order valence-electron chi connectivity index (χ2n) is 6.26. The number of nitrogens with one attached hydrogen (secondary N) is 2. The number of halogens is 2. The maximum absolute atomic E-state index is 14.0. The highest BCUT2D eigenvalue weighted by molar-refractivity contribution is 5.66. The lowest BCUT2D eigenvalue weighted by Crippen LogP contribution is -2.07. The smallest absolute Gasteiger partial charge is 0.229 e. The third-order valence-corrected chi connectivity index (χ3v) is 4.22. The molecule has 0 aliphatic carbocycles. The van der Waals surface area contributed by atoms with Crippen molar-refractivity contribution in [2.24, 2.45) is 0 Å². The fraction of sp³-hybridized carbons (Fsp3) is 0.0455. The fourth-order valence-electron chi connectivity index (χ4n) is 2.77. The second-order valence-corrected chi connectivity index (χ2v) is 6.26. The van der Waals surface area contributed by atoms with Gasteiger partial charge in [0, 0.05) is 30.6 Å². The average Bonchev–Trinajstić information content (AvgIpc) is 2.76. The first-order valence-corrected chi connectivity index (χ1v) is 8.97. The zero-order chi connectivity index (χ0) is 20.1. The van der Waals surface area contributed by atoms with Crippen LogP contribution in [0.5, 0.6) is 0 Å². The zero-order valence-corrected chi connectivity index (χ0v) is 15.3. The average molecular weight is 389 g/mol. The Morgan fingerprint density at radius 2 is 1.52 bits per heavy atom. The molecule has 2 heterocycles. The molecule has 0 atom stereocenters. The van der Waals surface area contributed by atoms with Crippen molar-refractivity contribution in [3.63, 3.8) is 0 Å². The summed E-state index contributed by atoms with van der Waals surface area (Å²) in [6.45, 7) is 0.515. The Morgan fingerprint density at radius 3 is 2.24 bits per heavy atom. The van der Waals surface area contributed by atoms with E-state index < -0.39 is 11.6 Å². The molecule has 0 aliphatic rings. The maximum atomic E-state index is 14.0. The minimum Gasteiger partial charge on any atom is -0.366 e. The fourth-order valence-corrected chi connectivity index (χ4v) is 2.77. The first kappa shape index (κ1) is 18.5. The van der Waals surface area contributed by atoms with Crippen LogP contribution in [0.2, 0.25) is 0 Å². The van der Waals surface area contributed by atoms with E-state index in [2.05, 4.69) is 25.6 Å². The van der Waals surface area contributed by atoms with Crippen molar-refractivity contribution in [1.29, 1.82) is 0 Å². The van der Waals surface area contributed by atoms with Gasteiger partial charge in [0.25, 0.3) is 0 Å². The summed E-state index contributed by atoms with van der Waals surface area (Å²) in [6, 6.07) is 18.7. The van der Waals surface area contributed by atoms with Crippen LogP contribution in [0.15, 0.2) is 79.1 Å². The molecule has 0 amide bonds. The van der Waals surface area contributed by atoms with Crippen molar-refractivity contribution in [3.05, 3.63) is 96.3 Å². The van der Waals surface area contributed by atoms with Gasteiger partial charge in [0.15, 0.2) is 0 Å². The van der Waals surface area contributed by atoms with E-state index in [-0.39, 0.29) is 11.6 Å². The van der Waals surface area contributed by atoms with Crippen LogP contribution in [0.3, 0.4) is 0 Å². The first-order valence-electron chi connectivity index (χ1n) is 8.97. The van der Waals surface area contributed by atoms with Gasteiger partial charge < -0.3 is 10.6 Å². The Labute approximate surface area is 166 Å². The van der Waals surface area contributed by atoms with E-state index in [1.807, 2.05) is 42.5 Å². The van der Waals surface area contributed by atoms with Gasteiger partial charge in [0.05, 0.1) is 5.69 Å². The second kappa shape index (κ2) is 8.43. The van der Waals surface area contributed by atoms with E-state index >= 15 is 0 Å². The summed E-state index contributed by atoms with van der Waals surface area (Å²) < 4.78 is 28.1. The monoisotopic (exact) mass is 389 g/mol. The molecule has 0 saturated heterocycles. The van der Waals surface area contributed by atoms with Crippen LogP contribution in [0.1, 0.15) is 5.56 Å². The Morgan fingerprint density at radius 1 is 0.793 bits per heavy atom. The Kier molecular flexibility index (Phi) is 5.38. The largest absolute Gasteiger partial charge is 0.366 e. The van der Waals surface area contributed by atoms with Crippen molar-refractivity contribution < 1.29 is 8.78 Å². The van der Waals surface area contributed by atoms with E-state index in [9.17, 15) is 8.78 Å². The van der Waals surface area contributed by atoms with Crippen molar-refractivity contribution in [1.82, 2.24) is 15.0 Å². The molecule has 0 aliphatic heterocycles. The zero-order valence-electron chi connectivity index (χ0n) is 15.3. The third kappa shape index (κ3) is 4.52. The molecule has 29 heavy (non-hydrogen) atoms. The number of pyridine rings is 1. The number of anilines is 3. The number of aromatic nitrogens is 3. The highest BCUT2D eigenvalue weighted by atomic mass is 19.1. The van der Waals surface area contributed by atoms with Crippen LogP contribution >= 0.6 is 0 Å². The van der Waals surface area contributed by atoms with Gasteiger partial charge in [-0.2, -0.15) is 4.98 Å². The molecule has 0 spiro atoms. The van der Waals surface area contributed by atoms with Crippen LogP contribution in [0, 0.1) is 11.6 Å². The summed E-state index contributed by atoms with van der Waals surface area (Å²) in [4.78, 5) is 12.8. The van der Waals surface area contributed by atoms with Gasteiger partial charge >= 0.3 is 0 Å². The van der Waals surface area contributed by atoms with E-state index in [4.69, 9.17) is 0 Å². The Balaban J connectivity index is 1.68. The lowest BCUT2D eigenvalue weighted by Gasteiger charge is -2.12. The van der Waals surface area contributed by atoms with Gasteiger partial charge in [0.1, 0.15) is 23.1 Å². The summed E-state index contributed by atoms with van der Waals surface area (Å²) in [5, 5.41) is 5.89. The van der Waals surface area contributed by atoms with Gasteiger partial charge in [-0.05, 0) is 29.8 Å². The normalized spacial score (nSPS) is 10.6. The topological polar surface area (TPSA) is 62.7 Å². The van der Waals surface area contributed by atoms with Crippen LogP contribution in [-0.4, -0.2) is 15.0 Å². The van der Waals surface area contributed by atoms with Crippen LogP contribution in [0.25, 0.3) is 11.3 Å². The van der Waals surface area contributed by atoms with Crippen LogP contribution < -0.4 is 10.6 Å². The Hall–Kier alpha value is -3.87. The molecule has 0 bridgehead atoms. The molecule has 0 saturated carbocycles. The molecule has 0 unspecified atom stereocenters. The molecular weight excluding hydrogens is 372 g/mol. The predicted molar refractivity (Wildman–Crippen MR) is 109 cm³/mol. The first-order chi connectivity index (χ1) is 14.2. The molecule has 0 radical (unpaired) electrons. The molecule has 4 rings (SSSR count). The SMILES string of the molecule is Fc1cccc(F)c1Nc1nc(NCc2ccncc2)cc(-c2ccccc2)n1. The number of hydrogen-bond acceptors (Lipinski definition) is 5. The number of benzene rings is 2. The molecule has 2 N–H and O–H groups in total. The van der Waals surface area contributed by atoms with Crippen molar-refractivity contribution in [3.8, 4) is 11.3 Å². The maximum Gasteiger partial charge on any atom is 0.229 e. The van der Waals surface area contributed by atoms with E-state index in [1.165, 1.54) is 18.2 Å². The van der Waals surface area contributed by atoms with Crippen LogP contribution in [-0.2, 0) is 6.54 Å². The molecular formula is C22H17F2N5. The molecule has 2 aromatic heterocycles. The highest BCUT2D eigenvalue weighted by Crippen LogP contribution is 2.25. The number of hydrogen-bond donors (Lipinski definition) is 2. The van der Waals surface area contributed by atoms with E-state index in [0.717, 1.165) is 11.1 Å². The molecule has 0 fully saturated rings. The summed E-state index contributed by atoms with van der Waals surface area (Å²) in [5.41, 5.74) is 2.21. The molecule has 7 heteroatoms. The molecule has 5 nitrogen and oxygen atoms in total. The molecule has 2 aromatic carbocycles. The van der Waals surface area contributed by atoms with Gasteiger partial charge in [-0.15, -0.1) is 0 Å². The lowest BCUT2D eigenvalue weighted by atomic mass is 10.1. The van der Waals surface area contributed by atoms with Gasteiger partial charge in [-0.3, -0.25) is 4.98 Å². The quantitative estimate of drug-likeness (QED) is 0.476. The third-order valence-electron chi connectivity index (χ3n) is 4.22. The number of para-hydroxylation sites is 1. The van der Waals surface area contributed by atoms with Crippen molar-refractivity contribution in [2.45, 2.75) is 6.54 Å². The summed E-state index contributed by atoms with van der Waals surface area (Å²) in [7, 11) is 0. The molecule has 4 aromatic rings. The lowest BCUT2D eigenvalue weighted by molar-refractivity contribution is 0.590. The summed E-state index contributed by atoms with van der Waals surface area (Å²) in [6.07, 6.45) is 3.42. The summed E-state index contributed by atoms with van der Waals surface area (Å²) in [5.74, 6) is -0.822. The van der Waals surface area contributed by atoms with E-state index in [1.54, 1.807) is 18.5 Å². The van der Waals surface area contributed by atoms with E-state index in [0.29, 0.717) is 18.1 Å². The molecule has 144 valence electrons. The van der Waals surface area contributed by atoms with Crippen LogP contribution in [0.4, 0.5) is 26.2 Å². The Bertz CT molecular complexity index is 1080. The van der Waals surface area contributed by atoms with Crippen molar-refractivity contribution in [2.75, 3.05) is 10.6 Å². The standard InChI is InChI=1S/C22H17F2N5/c23-17-7-4-8-18(24)21(17)29-22-27-19(16-5-2-1-3-6-16)13-20(28-22)26-14-15-9-11-25-12-10-15/h1-13H,14H2,(H2,26,27,28,29). The van der Waals surface area contributed by atoms with Gasteiger partial charge in [-0.1, -0.05) is 36.4 Å². The van der Waals surface area contributed by atoms with Gasteiger partial charge in [-0.25, -0.2) is 13.8 Å². The summed E-state index contributed by atoms with van der Waals surface area (Å²) >= 11 is 0. The number of rotatable bonds is 6. The predicted octanol–water partition coefficient (Wildman–Crippen LogP) is 5.17. The number of nitrogens with zero attached hydrogens (tertiary/aromatic N) is 3. The minimum atomic E-state index is -0.718. The highest BCUT2D eigenvalue weighted by Gasteiger charge is 2.12. The minimum absolute atomic E-state index is 0.0904. The van der Waals surface area contributed by atoms with Crippen molar-refractivity contribution >= 4 is 17.5 Å². The van der Waals surface area contributed by atoms with Gasteiger partial charge in [0.2, 0.25) is 5.95 Å².